The fourth-order valence-electron chi connectivity index (χ4n) is 3.92. The zero-order valence-electron chi connectivity index (χ0n) is 18.9. The Morgan fingerprint density at radius 3 is 2.31 bits per heavy atom. The summed E-state index contributed by atoms with van der Waals surface area (Å²) in [6.07, 6.45) is 11.6. The summed E-state index contributed by atoms with van der Waals surface area (Å²) in [6.45, 7) is 7.99. The molecule has 1 aromatic rings. The Morgan fingerprint density at radius 2 is 1.75 bits per heavy atom. The van der Waals surface area contributed by atoms with Crippen molar-refractivity contribution in [3.8, 4) is 0 Å². The predicted molar refractivity (Wildman–Crippen MR) is 126 cm³/mol. The molecule has 1 aromatic carbocycles. The topological polar surface area (TPSA) is 33.8 Å². The van der Waals surface area contributed by atoms with Crippen LogP contribution in [0.25, 0.3) is 5.57 Å². The van der Waals surface area contributed by atoms with E-state index in [0.717, 1.165) is 49.3 Å². The lowest BCUT2D eigenvalue weighted by Gasteiger charge is -2.38. The first-order valence-electron chi connectivity index (χ1n) is 11.4. The van der Waals surface area contributed by atoms with E-state index in [1.807, 2.05) is 36.4 Å². The van der Waals surface area contributed by atoms with Crippen LogP contribution in [0.1, 0.15) is 44.7 Å². The van der Waals surface area contributed by atoms with Gasteiger partial charge in [-0.1, -0.05) is 31.2 Å². The van der Waals surface area contributed by atoms with Gasteiger partial charge in [0.25, 0.3) is 0 Å². The van der Waals surface area contributed by atoms with E-state index in [1.54, 1.807) is 18.4 Å². The van der Waals surface area contributed by atoms with Crippen molar-refractivity contribution < 1.29 is 22.5 Å². The molecule has 4 nitrogen and oxygen atoms in total. The van der Waals surface area contributed by atoms with Crippen LogP contribution in [0.15, 0.2) is 70.7 Å². The second kappa shape index (κ2) is 9.27. The maximum absolute atomic E-state index is 14.4. The van der Waals surface area contributed by atoms with Crippen molar-refractivity contribution in [2.24, 2.45) is 10.9 Å². The molecule has 1 aliphatic carbocycles. The van der Waals surface area contributed by atoms with Gasteiger partial charge in [-0.05, 0) is 67.5 Å². The maximum Gasteiger partial charge on any atom is 0.725 e. The van der Waals surface area contributed by atoms with Crippen molar-refractivity contribution in [3.05, 3.63) is 76.8 Å². The SMILES string of the molecule is CCc1ccc(C2=C(C3CC3)O[B-](F)(F)OC2=CC=C2C=CC(=[N+](CC)CC)N=C2)cc1. The van der Waals surface area contributed by atoms with Gasteiger partial charge in [-0.2, -0.15) is 0 Å². The normalized spacial score (nSPS) is 22.3. The lowest BCUT2D eigenvalue weighted by atomic mass is 9.94. The standard InChI is InChI=1S/C25H29BF2N2O2/c1-4-18-7-11-20(12-8-18)24-22(31-26(27,28)32-25(24)21-13-14-21)15-9-19-10-16-23(29-17-19)30(5-2)6-3/h7-12,15-17,21H,4-6,13-14H2,1-3H3. The second-order valence-corrected chi connectivity index (χ2v) is 8.15. The Hall–Kier alpha value is -2.96. The fourth-order valence-corrected chi connectivity index (χ4v) is 3.92. The average Bonchev–Trinajstić information content (AvgIpc) is 3.64. The third-order valence-corrected chi connectivity index (χ3v) is 5.91. The van der Waals surface area contributed by atoms with Gasteiger partial charge in [-0.25, -0.2) is 0 Å². The third kappa shape index (κ3) is 4.92. The minimum Gasteiger partial charge on any atom is -0.630 e. The number of allylic oxidation sites excluding steroid dienone is 6. The van der Waals surface area contributed by atoms with Gasteiger partial charge in [-0.15, -0.1) is 0 Å². The molecule has 7 heteroatoms. The summed E-state index contributed by atoms with van der Waals surface area (Å²) >= 11 is 0. The molecule has 0 unspecified atom stereocenters. The van der Waals surface area contributed by atoms with Gasteiger partial charge in [0.2, 0.25) is 0 Å². The van der Waals surface area contributed by atoms with E-state index in [4.69, 9.17) is 9.31 Å². The summed E-state index contributed by atoms with van der Waals surface area (Å²) in [6, 6.07) is 7.94. The van der Waals surface area contributed by atoms with E-state index >= 15 is 0 Å². The number of dihydropyridines is 1. The average molecular weight is 438 g/mol. The van der Waals surface area contributed by atoms with Crippen LogP contribution in [-0.4, -0.2) is 36.8 Å². The van der Waals surface area contributed by atoms with Crippen molar-refractivity contribution in [2.75, 3.05) is 13.1 Å². The monoisotopic (exact) mass is 438 g/mol. The fraction of sp³-hybridized carbons (Fsp3) is 0.360. The second-order valence-electron chi connectivity index (χ2n) is 8.15. The highest BCUT2D eigenvalue weighted by atomic mass is 19.3. The van der Waals surface area contributed by atoms with Gasteiger partial charge in [0.1, 0.15) is 6.21 Å². The molecular weight excluding hydrogens is 409 g/mol. The molecule has 2 heterocycles. The van der Waals surface area contributed by atoms with Crippen LogP contribution >= 0.6 is 0 Å². The summed E-state index contributed by atoms with van der Waals surface area (Å²) in [5.74, 6) is 1.40. The number of rotatable bonds is 6. The zero-order chi connectivity index (χ0) is 22.7. The van der Waals surface area contributed by atoms with Crippen LogP contribution < -0.4 is 0 Å². The molecule has 0 bridgehead atoms. The van der Waals surface area contributed by atoms with E-state index in [0.29, 0.717) is 11.3 Å². The summed E-state index contributed by atoms with van der Waals surface area (Å²) in [5.41, 5.74) is 3.44. The molecule has 4 rings (SSSR count). The molecule has 168 valence electrons. The largest absolute Gasteiger partial charge is 0.725 e. The number of aryl methyl sites for hydroxylation is 1. The van der Waals surface area contributed by atoms with Gasteiger partial charge < -0.3 is 17.9 Å². The van der Waals surface area contributed by atoms with Crippen molar-refractivity contribution in [2.45, 2.75) is 40.0 Å². The van der Waals surface area contributed by atoms with Gasteiger partial charge in [0.15, 0.2) is 0 Å². The quantitative estimate of drug-likeness (QED) is 0.422. The lowest BCUT2D eigenvalue weighted by molar-refractivity contribution is -0.520. The van der Waals surface area contributed by atoms with Crippen LogP contribution in [0.5, 0.6) is 0 Å². The Kier molecular flexibility index (Phi) is 6.44. The van der Waals surface area contributed by atoms with E-state index in [-0.39, 0.29) is 11.7 Å². The first-order chi connectivity index (χ1) is 15.4. The molecule has 32 heavy (non-hydrogen) atoms. The Labute approximate surface area is 188 Å². The van der Waals surface area contributed by atoms with Crippen LogP contribution in [0.4, 0.5) is 8.63 Å². The number of benzene rings is 1. The third-order valence-electron chi connectivity index (χ3n) is 5.91. The summed E-state index contributed by atoms with van der Waals surface area (Å²) in [5, 5.41) is 0. The van der Waals surface area contributed by atoms with E-state index < -0.39 is 7.11 Å². The molecule has 0 aromatic heterocycles. The van der Waals surface area contributed by atoms with Crippen molar-refractivity contribution >= 4 is 24.7 Å². The van der Waals surface area contributed by atoms with E-state index in [2.05, 4.69) is 30.3 Å². The first-order valence-corrected chi connectivity index (χ1v) is 11.4. The Morgan fingerprint density at radius 1 is 1.03 bits per heavy atom. The van der Waals surface area contributed by atoms with Crippen molar-refractivity contribution in [3.63, 3.8) is 0 Å². The van der Waals surface area contributed by atoms with Crippen molar-refractivity contribution in [1.82, 2.24) is 0 Å². The number of hydrogen-bond acceptors (Lipinski definition) is 2. The molecule has 1 fully saturated rings. The predicted octanol–water partition coefficient (Wildman–Crippen LogP) is 5.69. The minimum atomic E-state index is -4.40. The smallest absolute Gasteiger partial charge is 0.630 e. The number of hydrogen-bond donors (Lipinski definition) is 0. The van der Waals surface area contributed by atoms with Crippen LogP contribution in [0.2, 0.25) is 0 Å². The molecule has 0 N–H and O–H groups in total. The van der Waals surface area contributed by atoms with Crippen molar-refractivity contribution in [1.29, 1.82) is 0 Å². The molecule has 0 amide bonds. The number of aliphatic imine (C=N–C) groups is 1. The molecule has 0 radical (unpaired) electrons. The number of nitrogens with zero attached hydrogens (tertiary/aromatic N) is 2. The Bertz CT molecular complexity index is 1040. The van der Waals surface area contributed by atoms with Gasteiger partial charge in [0, 0.05) is 17.6 Å². The zero-order valence-corrected chi connectivity index (χ0v) is 18.9. The van der Waals surface area contributed by atoms with Gasteiger partial charge in [-0.3, -0.25) is 4.58 Å². The van der Waals surface area contributed by atoms with Crippen LogP contribution in [0, 0.1) is 5.92 Å². The van der Waals surface area contributed by atoms with Crippen LogP contribution in [-0.2, 0) is 15.7 Å². The van der Waals surface area contributed by atoms with Crippen LogP contribution in [0.3, 0.4) is 0 Å². The number of amidine groups is 1. The highest BCUT2D eigenvalue weighted by molar-refractivity contribution is 6.53. The molecular formula is C25H29BF2N2O2. The molecule has 0 spiro atoms. The van der Waals surface area contributed by atoms with Gasteiger partial charge in [0.05, 0.1) is 30.2 Å². The summed E-state index contributed by atoms with van der Waals surface area (Å²) in [4.78, 5) is 4.51. The maximum atomic E-state index is 14.4. The summed E-state index contributed by atoms with van der Waals surface area (Å²) < 4.78 is 41.0. The molecule has 2 aliphatic heterocycles. The number of halogens is 2. The van der Waals surface area contributed by atoms with E-state index in [9.17, 15) is 8.63 Å². The van der Waals surface area contributed by atoms with Gasteiger partial charge >= 0.3 is 12.9 Å². The minimum absolute atomic E-state index is 0.0194. The molecule has 0 saturated heterocycles. The molecule has 1 saturated carbocycles. The molecule has 0 atom stereocenters. The van der Waals surface area contributed by atoms with E-state index in [1.165, 1.54) is 5.56 Å². The highest BCUT2D eigenvalue weighted by Gasteiger charge is 2.44. The first kappa shape index (κ1) is 22.2. The molecule has 3 aliphatic rings. The Balaban J connectivity index is 1.72. The highest BCUT2D eigenvalue weighted by Crippen LogP contribution is 2.48. The lowest BCUT2D eigenvalue weighted by Crippen LogP contribution is -2.36. The summed E-state index contributed by atoms with van der Waals surface area (Å²) in [7, 11) is -4.40.